The molecule has 1 aromatic carbocycles. The number of benzene rings is 1. The monoisotopic (exact) mass is 397 g/mol. The molecule has 0 saturated heterocycles. The quantitative estimate of drug-likeness (QED) is 0.557. The molecule has 1 amide bonds. The number of nitrogens with one attached hydrogen (secondary N) is 1. The summed E-state index contributed by atoms with van der Waals surface area (Å²) in [6.45, 7) is 1.76. The molecule has 0 saturated carbocycles. The van der Waals surface area contributed by atoms with Crippen LogP contribution in [-0.4, -0.2) is 25.5 Å². The zero-order valence-electron chi connectivity index (χ0n) is 15.1. The second-order valence-corrected chi connectivity index (χ2v) is 6.29. The van der Waals surface area contributed by atoms with Gasteiger partial charge < -0.3 is 5.32 Å². The van der Waals surface area contributed by atoms with E-state index in [4.69, 9.17) is 0 Å². The van der Waals surface area contributed by atoms with Crippen LogP contribution in [0.4, 0.5) is 19.0 Å². The number of fused-ring (bicyclic) bond motifs is 1. The zero-order valence-corrected chi connectivity index (χ0v) is 15.1. The fraction of sp³-hybridized carbons (Fsp3) is 0.100. The molecule has 0 unspecified atom stereocenters. The van der Waals surface area contributed by atoms with Crippen LogP contribution in [0.1, 0.15) is 21.7 Å². The van der Waals surface area contributed by atoms with Gasteiger partial charge in [0.15, 0.2) is 11.5 Å². The van der Waals surface area contributed by atoms with Crippen LogP contribution >= 0.6 is 0 Å². The van der Waals surface area contributed by atoms with Gasteiger partial charge in [0, 0.05) is 11.3 Å². The molecule has 0 radical (unpaired) electrons. The van der Waals surface area contributed by atoms with E-state index >= 15 is 0 Å². The first-order chi connectivity index (χ1) is 13.8. The number of pyridine rings is 1. The molecule has 146 valence electrons. The molecule has 4 aromatic rings. The first-order valence-corrected chi connectivity index (χ1v) is 8.59. The minimum absolute atomic E-state index is 0.0618. The molecule has 3 aromatic heterocycles. The van der Waals surface area contributed by atoms with E-state index in [1.54, 1.807) is 25.1 Å². The van der Waals surface area contributed by atoms with Crippen molar-refractivity contribution in [1.29, 1.82) is 0 Å². The lowest BCUT2D eigenvalue weighted by Gasteiger charge is -2.12. The zero-order chi connectivity index (χ0) is 20.6. The van der Waals surface area contributed by atoms with Gasteiger partial charge in [0.2, 0.25) is 0 Å². The number of nitrogens with zero attached hydrogens (tertiary/aromatic N) is 4. The summed E-state index contributed by atoms with van der Waals surface area (Å²) in [7, 11) is 0. The van der Waals surface area contributed by atoms with Gasteiger partial charge in [0.25, 0.3) is 5.91 Å². The Bertz CT molecular complexity index is 1220. The van der Waals surface area contributed by atoms with Gasteiger partial charge >= 0.3 is 6.18 Å². The lowest BCUT2D eigenvalue weighted by Crippen LogP contribution is -2.16. The van der Waals surface area contributed by atoms with Gasteiger partial charge in [-0.05, 0) is 37.3 Å². The second-order valence-electron chi connectivity index (χ2n) is 6.29. The number of alkyl halides is 3. The molecule has 9 heteroatoms. The van der Waals surface area contributed by atoms with E-state index in [0.717, 1.165) is 6.07 Å². The van der Waals surface area contributed by atoms with E-state index in [0.29, 0.717) is 11.3 Å². The average molecular weight is 397 g/mol. The van der Waals surface area contributed by atoms with Crippen LogP contribution < -0.4 is 5.32 Å². The molecule has 29 heavy (non-hydrogen) atoms. The van der Waals surface area contributed by atoms with E-state index in [-0.39, 0.29) is 22.8 Å². The van der Waals surface area contributed by atoms with E-state index in [1.165, 1.54) is 41.0 Å². The minimum Gasteiger partial charge on any atom is -0.304 e. The Balaban J connectivity index is 1.74. The number of imidazole rings is 1. The SMILES string of the molecule is Cc1cccc(C(=O)Nc2cnc3ccc(-c4ccccc4C(F)(F)F)nn23)n1. The Kier molecular flexibility index (Phi) is 4.50. The van der Waals surface area contributed by atoms with E-state index in [9.17, 15) is 18.0 Å². The van der Waals surface area contributed by atoms with Gasteiger partial charge in [-0.3, -0.25) is 4.79 Å². The average Bonchev–Trinajstić information content (AvgIpc) is 3.09. The molecular weight excluding hydrogens is 383 g/mol. The summed E-state index contributed by atoms with van der Waals surface area (Å²) in [6, 6.07) is 13.2. The van der Waals surface area contributed by atoms with Gasteiger partial charge in [-0.25, -0.2) is 9.97 Å². The maximum atomic E-state index is 13.3. The largest absolute Gasteiger partial charge is 0.417 e. The third-order valence-corrected chi connectivity index (χ3v) is 4.23. The first-order valence-electron chi connectivity index (χ1n) is 8.59. The molecule has 0 aliphatic carbocycles. The molecule has 0 atom stereocenters. The van der Waals surface area contributed by atoms with Gasteiger partial charge in [-0.2, -0.15) is 22.8 Å². The molecule has 4 rings (SSSR count). The molecule has 0 bridgehead atoms. The molecule has 1 N–H and O–H groups in total. The maximum absolute atomic E-state index is 13.3. The topological polar surface area (TPSA) is 72.2 Å². The van der Waals surface area contributed by atoms with Crippen molar-refractivity contribution in [3.8, 4) is 11.3 Å². The summed E-state index contributed by atoms with van der Waals surface area (Å²) < 4.78 is 41.3. The number of rotatable bonds is 3. The number of carbonyl (C=O) groups is 1. The summed E-state index contributed by atoms with van der Waals surface area (Å²) >= 11 is 0. The predicted molar refractivity (Wildman–Crippen MR) is 100 cm³/mol. The van der Waals surface area contributed by atoms with Crippen molar-refractivity contribution in [2.45, 2.75) is 13.1 Å². The summed E-state index contributed by atoms with van der Waals surface area (Å²) in [5.41, 5.74) is 0.520. The number of hydrogen-bond donors (Lipinski definition) is 1. The normalized spacial score (nSPS) is 11.6. The van der Waals surface area contributed by atoms with Gasteiger partial charge in [-0.15, -0.1) is 0 Å². The van der Waals surface area contributed by atoms with Crippen molar-refractivity contribution >= 4 is 17.4 Å². The molecule has 3 heterocycles. The fourth-order valence-electron chi connectivity index (χ4n) is 2.91. The number of aryl methyl sites for hydroxylation is 1. The van der Waals surface area contributed by atoms with Crippen molar-refractivity contribution in [1.82, 2.24) is 19.6 Å². The Hall–Kier alpha value is -3.75. The van der Waals surface area contributed by atoms with Crippen molar-refractivity contribution in [2.24, 2.45) is 0 Å². The van der Waals surface area contributed by atoms with Crippen LogP contribution in [0, 0.1) is 6.92 Å². The van der Waals surface area contributed by atoms with Crippen LogP contribution in [0.15, 0.2) is 60.8 Å². The lowest BCUT2D eigenvalue weighted by molar-refractivity contribution is -0.137. The first kappa shape index (κ1) is 18.6. The van der Waals surface area contributed by atoms with Crippen LogP contribution in [0.25, 0.3) is 16.9 Å². The third kappa shape index (κ3) is 3.66. The lowest BCUT2D eigenvalue weighted by atomic mass is 10.0. The number of hydrogen-bond acceptors (Lipinski definition) is 4. The van der Waals surface area contributed by atoms with Gasteiger partial charge in [0.1, 0.15) is 5.69 Å². The molecule has 6 nitrogen and oxygen atoms in total. The van der Waals surface area contributed by atoms with Crippen molar-refractivity contribution in [2.75, 3.05) is 5.32 Å². The van der Waals surface area contributed by atoms with Crippen LogP contribution in [0.3, 0.4) is 0 Å². The van der Waals surface area contributed by atoms with Crippen LogP contribution in [0.5, 0.6) is 0 Å². The number of halogens is 3. The predicted octanol–water partition coefficient (Wildman–Crippen LogP) is 4.37. The summed E-state index contributed by atoms with van der Waals surface area (Å²) in [6.07, 6.45) is -3.13. The molecule has 0 spiro atoms. The third-order valence-electron chi connectivity index (χ3n) is 4.23. The molecular formula is C20H14F3N5O. The summed E-state index contributed by atoms with van der Waals surface area (Å²) in [5, 5.41) is 6.91. The minimum atomic E-state index is -4.52. The van der Waals surface area contributed by atoms with E-state index in [2.05, 4.69) is 20.4 Å². The summed E-state index contributed by atoms with van der Waals surface area (Å²) in [4.78, 5) is 20.7. The number of anilines is 1. The molecule has 0 aliphatic rings. The van der Waals surface area contributed by atoms with E-state index in [1.807, 2.05) is 0 Å². The molecule has 0 fully saturated rings. The second kappa shape index (κ2) is 7.01. The Labute approximate surface area is 163 Å². The number of aromatic nitrogens is 4. The highest BCUT2D eigenvalue weighted by atomic mass is 19.4. The Morgan fingerprint density at radius 1 is 1.03 bits per heavy atom. The standard InChI is InChI=1S/C20H14F3N5O/c1-12-5-4-8-16(25-12)19(29)26-18-11-24-17-10-9-15(27-28(17)18)13-6-2-3-7-14(13)20(21,22)23/h2-11H,1H3,(H,26,29). The van der Waals surface area contributed by atoms with Gasteiger partial charge in [0.05, 0.1) is 17.5 Å². The van der Waals surface area contributed by atoms with Crippen molar-refractivity contribution < 1.29 is 18.0 Å². The number of carbonyl (C=O) groups excluding carboxylic acids is 1. The highest BCUT2D eigenvalue weighted by Crippen LogP contribution is 2.36. The smallest absolute Gasteiger partial charge is 0.304 e. The highest BCUT2D eigenvalue weighted by molar-refractivity contribution is 6.02. The fourth-order valence-corrected chi connectivity index (χ4v) is 2.91. The Morgan fingerprint density at radius 2 is 1.83 bits per heavy atom. The maximum Gasteiger partial charge on any atom is 0.417 e. The Morgan fingerprint density at radius 3 is 2.59 bits per heavy atom. The molecule has 0 aliphatic heterocycles. The van der Waals surface area contributed by atoms with Crippen LogP contribution in [0.2, 0.25) is 0 Å². The summed E-state index contributed by atoms with van der Waals surface area (Å²) in [5.74, 6) is -0.252. The van der Waals surface area contributed by atoms with Crippen LogP contribution in [-0.2, 0) is 6.18 Å². The van der Waals surface area contributed by atoms with Crippen molar-refractivity contribution in [3.63, 3.8) is 0 Å². The van der Waals surface area contributed by atoms with Crippen molar-refractivity contribution in [3.05, 3.63) is 77.7 Å². The highest BCUT2D eigenvalue weighted by Gasteiger charge is 2.33. The number of amides is 1. The van der Waals surface area contributed by atoms with Gasteiger partial charge in [-0.1, -0.05) is 24.3 Å². The van der Waals surface area contributed by atoms with E-state index < -0.39 is 17.6 Å².